The van der Waals surface area contributed by atoms with Gasteiger partial charge >= 0.3 is 0 Å². The molecule has 2 rings (SSSR count). The van der Waals surface area contributed by atoms with Crippen LogP contribution in [0.5, 0.6) is 11.5 Å². The van der Waals surface area contributed by atoms with Gasteiger partial charge in [-0.15, -0.1) is 0 Å². The standard InChI is InChI=1S/C14H18N2O3/c1-10-6-12(16(2)15-10)9-19-14-7-11(8-17)4-5-13(14)18-3/h4-7,17H,8-9H2,1-3H3. The summed E-state index contributed by atoms with van der Waals surface area (Å²) < 4.78 is 12.8. The molecule has 0 bridgehead atoms. The van der Waals surface area contributed by atoms with Crippen LogP contribution in [0.4, 0.5) is 0 Å². The molecule has 19 heavy (non-hydrogen) atoms. The van der Waals surface area contributed by atoms with E-state index in [-0.39, 0.29) is 6.61 Å². The predicted octanol–water partition coefficient (Wildman–Crippen LogP) is 1.81. The molecule has 0 spiro atoms. The summed E-state index contributed by atoms with van der Waals surface area (Å²) in [6.07, 6.45) is 0. The third kappa shape index (κ3) is 3.06. The van der Waals surface area contributed by atoms with Gasteiger partial charge in [-0.3, -0.25) is 4.68 Å². The molecule has 0 aliphatic rings. The van der Waals surface area contributed by atoms with Crippen molar-refractivity contribution in [2.75, 3.05) is 7.11 Å². The molecular weight excluding hydrogens is 244 g/mol. The number of aliphatic hydroxyl groups excluding tert-OH is 1. The van der Waals surface area contributed by atoms with Crippen LogP contribution in [-0.4, -0.2) is 22.0 Å². The van der Waals surface area contributed by atoms with Crippen LogP contribution in [-0.2, 0) is 20.3 Å². The van der Waals surface area contributed by atoms with Gasteiger partial charge in [-0.25, -0.2) is 0 Å². The number of aromatic nitrogens is 2. The Labute approximate surface area is 112 Å². The number of rotatable bonds is 5. The molecule has 0 saturated heterocycles. The van der Waals surface area contributed by atoms with Crippen molar-refractivity contribution in [3.63, 3.8) is 0 Å². The summed E-state index contributed by atoms with van der Waals surface area (Å²) in [5.41, 5.74) is 2.73. The maximum absolute atomic E-state index is 9.15. The lowest BCUT2D eigenvalue weighted by molar-refractivity contribution is 0.267. The molecule has 0 fully saturated rings. The lowest BCUT2D eigenvalue weighted by atomic mass is 10.2. The molecule has 0 aliphatic heterocycles. The van der Waals surface area contributed by atoms with E-state index in [1.54, 1.807) is 30.0 Å². The van der Waals surface area contributed by atoms with Crippen LogP contribution in [0.2, 0.25) is 0 Å². The lowest BCUT2D eigenvalue weighted by Crippen LogP contribution is -2.04. The van der Waals surface area contributed by atoms with Crippen molar-refractivity contribution >= 4 is 0 Å². The van der Waals surface area contributed by atoms with Gasteiger partial charge in [0.1, 0.15) is 6.61 Å². The molecule has 0 atom stereocenters. The molecule has 0 amide bonds. The molecule has 5 nitrogen and oxygen atoms in total. The first-order chi connectivity index (χ1) is 9.13. The number of benzene rings is 1. The van der Waals surface area contributed by atoms with Crippen LogP contribution in [0.1, 0.15) is 17.0 Å². The summed E-state index contributed by atoms with van der Waals surface area (Å²) in [6, 6.07) is 7.35. The molecule has 2 aromatic rings. The fraction of sp³-hybridized carbons (Fsp3) is 0.357. The summed E-state index contributed by atoms with van der Waals surface area (Å²) in [5.74, 6) is 1.27. The van der Waals surface area contributed by atoms with Crippen LogP contribution in [0.3, 0.4) is 0 Å². The minimum Gasteiger partial charge on any atom is -0.493 e. The van der Waals surface area contributed by atoms with E-state index in [1.807, 2.05) is 20.0 Å². The Hall–Kier alpha value is -2.01. The van der Waals surface area contributed by atoms with E-state index in [9.17, 15) is 0 Å². The summed E-state index contributed by atoms with van der Waals surface area (Å²) in [4.78, 5) is 0. The highest BCUT2D eigenvalue weighted by atomic mass is 16.5. The molecular formula is C14H18N2O3. The van der Waals surface area contributed by atoms with Gasteiger partial charge in [0.25, 0.3) is 0 Å². The Bertz CT molecular complexity index is 564. The van der Waals surface area contributed by atoms with Crippen molar-refractivity contribution in [2.24, 2.45) is 7.05 Å². The average Bonchev–Trinajstić information content (AvgIpc) is 2.74. The Kier molecular flexibility index (Phi) is 4.06. The average molecular weight is 262 g/mol. The zero-order chi connectivity index (χ0) is 13.8. The number of hydrogen-bond donors (Lipinski definition) is 1. The van der Waals surface area contributed by atoms with E-state index >= 15 is 0 Å². The molecule has 1 N–H and O–H groups in total. The minimum atomic E-state index is -0.0226. The number of aryl methyl sites for hydroxylation is 2. The van der Waals surface area contributed by atoms with Gasteiger partial charge in [-0.05, 0) is 30.7 Å². The maximum atomic E-state index is 9.15. The van der Waals surface area contributed by atoms with Crippen molar-refractivity contribution in [1.82, 2.24) is 9.78 Å². The third-order valence-corrected chi connectivity index (χ3v) is 2.89. The van der Waals surface area contributed by atoms with E-state index in [0.29, 0.717) is 18.1 Å². The second-order valence-electron chi connectivity index (χ2n) is 4.33. The largest absolute Gasteiger partial charge is 0.493 e. The van der Waals surface area contributed by atoms with Gasteiger partial charge < -0.3 is 14.6 Å². The highest BCUT2D eigenvalue weighted by Crippen LogP contribution is 2.28. The van der Waals surface area contributed by atoms with Gasteiger partial charge in [0.05, 0.1) is 25.1 Å². The zero-order valence-electron chi connectivity index (χ0n) is 11.4. The normalized spacial score (nSPS) is 10.5. The third-order valence-electron chi connectivity index (χ3n) is 2.89. The SMILES string of the molecule is COc1ccc(CO)cc1OCc1cc(C)nn1C. The zero-order valence-corrected chi connectivity index (χ0v) is 11.4. The molecule has 0 saturated carbocycles. The fourth-order valence-electron chi connectivity index (χ4n) is 1.88. The topological polar surface area (TPSA) is 56.5 Å². The minimum absolute atomic E-state index is 0.0226. The second kappa shape index (κ2) is 5.75. The van der Waals surface area contributed by atoms with E-state index in [4.69, 9.17) is 14.6 Å². The van der Waals surface area contributed by atoms with Crippen LogP contribution in [0.15, 0.2) is 24.3 Å². The molecule has 1 heterocycles. The molecule has 102 valence electrons. The Morgan fingerprint density at radius 1 is 1.26 bits per heavy atom. The quantitative estimate of drug-likeness (QED) is 0.892. The summed E-state index contributed by atoms with van der Waals surface area (Å²) in [5, 5.41) is 13.4. The van der Waals surface area contributed by atoms with Crippen molar-refractivity contribution < 1.29 is 14.6 Å². The van der Waals surface area contributed by atoms with Crippen molar-refractivity contribution in [3.8, 4) is 11.5 Å². The molecule has 0 radical (unpaired) electrons. The molecule has 0 unspecified atom stereocenters. The van der Waals surface area contributed by atoms with Crippen molar-refractivity contribution in [2.45, 2.75) is 20.1 Å². The molecule has 1 aromatic heterocycles. The van der Waals surface area contributed by atoms with Gasteiger partial charge in [-0.2, -0.15) is 5.10 Å². The van der Waals surface area contributed by atoms with Crippen LogP contribution in [0, 0.1) is 6.92 Å². The molecule has 5 heteroatoms. The molecule has 1 aromatic carbocycles. The number of methoxy groups -OCH3 is 1. The number of aliphatic hydroxyl groups is 1. The van der Waals surface area contributed by atoms with E-state index in [1.165, 1.54) is 0 Å². The Balaban J connectivity index is 2.16. The van der Waals surface area contributed by atoms with Gasteiger partial charge in [0, 0.05) is 7.05 Å². The highest BCUT2D eigenvalue weighted by molar-refractivity contribution is 5.42. The highest BCUT2D eigenvalue weighted by Gasteiger charge is 2.08. The van der Waals surface area contributed by atoms with E-state index in [2.05, 4.69) is 5.10 Å². The van der Waals surface area contributed by atoms with Crippen LogP contribution < -0.4 is 9.47 Å². The van der Waals surface area contributed by atoms with E-state index in [0.717, 1.165) is 17.0 Å². The fourth-order valence-corrected chi connectivity index (χ4v) is 1.88. The van der Waals surface area contributed by atoms with Crippen LogP contribution >= 0.6 is 0 Å². The predicted molar refractivity (Wildman–Crippen MR) is 71.2 cm³/mol. The Morgan fingerprint density at radius 2 is 2.05 bits per heavy atom. The molecule has 0 aliphatic carbocycles. The van der Waals surface area contributed by atoms with E-state index < -0.39 is 0 Å². The number of hydrogen-bond acceptors (Lipinski definition) is 4. The summed E-state index contributed by atoms with van der Waals surface area (Å²) in [6.45, 7) is 2.32. The second-order valence-corrected chi connectivity index (χ2v) is 4.33. The monoisotopic (exact) mass is 262 g/mol. The van der Waals surface area contributed by atoms with Crippen molar-refractivity contribution in [3.05, 3.63) is 41.2 Å². The summed E-state index contributed by atoms with van der Waals surface area (Å²) in [7, 11) is 3.47. The Morgan fingerprint density at radius 3 is 2.63 bits per heavy atom. The number of ether oxygens (including phenoxy) is 2. The number of nitrogens with zero attached hydrogens (tertiary/aromatic N) is 2. The van der Waals surface area contributed by atoms with Crippen molar-refractivity contribution in [1.29, 1.82) is 0 Å². The van der Waals surface area contributed by atoms with Gasteiger partial charge in [0.15, 0.2) is 11.5 Å². The first-order valence-electron chi connectivity index (χ1n) is 6.04. The van der Waals surface area contributed by atoms with Crippen LogP contribution in [0.25, 0.3) is 0 Å². The maximum Gasteiger partial charge on any atom is 0.162 e. The van der Waals surface area contributed by atoms with Gasteiger partial charge in [-0.1, -0.05) is 6.07 Å². The lowest BCUT2D eigenvalue weighted by Gasteiger charge is -2.11. The first-order valence-corrected chi connectivity index (χ1v) is 6.04. The smallest absolute Gasteiger partial charge is 0.162 e. The van der Waals surface area contributed by atoms with Gasteiger partial charge in [0.2, 0.25) is 0 Å². The summed E-state index contributed by atoms with van der Waals surface area (Å²) >= 11 is 0. The first kappa shape index (κ1) is 13.4.